The van der Waals surface area contributed by atoms with Gasteiger partial charge in [-0.3, -0.25) is 0 Å². The minimum absolute atomic E-state index is 0.610. The van der Waals surface area contributed by atoms with Crippen molar-refractivity contribution in [2.45, 2.75) is 71.4 Å². The highest BCUT2D eigenvalue weighted by Gasteiger charge is 2.09. The summed E-state index contributed by atoms with van der Waals surface area (Å²) in [6.45, 7) is 4.46. The maximum atomic E-state index is 9.03. The first kappa shape index (κ1) is 13.9. The Morgan fingerprint density at radius 2 is 1.43 bits per heavy atom. The molecular formula is C12H27NO. The summed E-state index contributed by atoms with van der Waals surface area (Å²) >= 11 is 0. The van der Waals surface area contributed by atoms with Gasteiger partial charge in [-0.1, -0.05) is 52.4 Å². The molecule has 0 aromatic heterocycles. The maximum Gasteiger partial charge on any atom is 0.102 e. The van der Waals surface area contributed by atoms with Gasteiger partial charge in [0.25, 0.3) is 0 Å². The van der Waals surface area contributed by atoms with E-state index >= 15 is 0 Å². The third-order valence-corrected chi connectivity index (χ3v) is 2.80. The second-order valence-electron chi connectivity index (χ2n) is 4.30. The van der Waals surface area contributed by atoms with Crippen LogP contribution in [-0.2, 0) is 0 Å². The molecule has 14 heavy (non-hydrogen) atoms. The zero-order valence-electron chi connectivity index (χ0n) is 9.84. The van der Waals surface area contributed by atoms with Crippen LogP contribution in [0.3, 0.4) is 0 Å². The summed E-state index contributed by atoms with van der Waals surface area (Å²) < 4.78 is 0. The average Bonchev–Trinajstić information content (AvgIpc) is 2.16. The molecule has 0 heterocycles. The average molecular weight is 201 g/mol. The van der Waals surface area contributed by atoms with E-state index in [4.69, 9.17) is 10.8 Å². The standard InChI is InChI=1S/C12H27NO/c1-3-5-7-11(8-6-4-2)9-10-12(13)14/h11-12,14H,3-10,13H2,1-2H3. The monoisotopic (exact) mass is 201 g/mol. The van der Waals surface area contributed by atoms with Crippen molar-refractivity contribution in [2.24, 2.45) is 11.7 Å². The smallest absolute Gasteiger partial charge is 0.102 e. The molecule has 0 aromatic rings. The Kier molecular flexibility index (Phi) is 9.42. The van der Waals surface area contributed by atoms with Crippen molar-refractivity contribution in [2.75, 3.05) is 0 Å². The van der Waals surface area contributed by atoms with Gasteiger partial charge in [-0.15, -0.1) is 0 Å². The molecule has 0 aliphatic heterocycles. The quantitative estimate of drug-likeness (QED) is 0.563. The van der Waals surface area contributed by atoms with E-state index in [1.807, 2.05) is 0 Å². The molecule has 2 heteroatoms. The Morgan fingerprint density at radius 1 is 0.929 bits per heavy atom. The lowest BCUT2D eigenvalue weighted by Gasteiger charge is -2.16. The van der Waals surface area contributed by atoms with Crippen LogP contribution in [0, 0.1) is 5.92 Å². The zero-order valence-corrected chi connectivity index (χ0v) is 9.84. The normalized spacial score (nSPS) is 13.5. The highest BCUT2D eigenvalue weighted by molar-refractivity contribution is 4.61. The van der Waals surface area contributed by atoms with Gasteiger partial charge in [0.15, 0.2) is 0 Å². The number of unbranched alkanes of at least 4 members (excludes halogenated alkanes) is 2. The summed E-state index contributed by atoms with van der Waals surface area (Å²) in [5.41, 5.74) is 5.35. The molecule has 86 valence electrons. The van der Waals surface area contributed by atoms with Gasteiger partial charge in [-0.25, -0.2) is 0 Å². The fourth-order valence-electron chi connectivity index (χ4n) is 1.83. The molecule has 0 aliphatic rings. The van der Waals surface area contributed by atoms with Crippen LogP contribution >= 0.6 is 0 Å². The van der Waals surface area contributed by atoms with Gasteiger partial charge in [0.1, 0.15) is 6.23 Å². The molecule has 0 bridgehead atoms. The maximum absolute atomic E-state index is 9.03. The number of aliphatic hydroxyl groups is 1. The SMILES string of the molecule is CCCCC(CCCC)CCC(N)O. The Bertz CT molecular complexity index is 107. The largest absolute Gasteiger partial charge is 0.379 e. The fourth-order valence-corrected chi connectivity index (χ4v) is 1.83. The molecule has 3 N–H and O–H groups in total. The minimum Gasteiger partial charge on any atom is -0.379 e. The Labute approximate surface area is 88.9 Å². The van der Waals surface area contributed by atoms with E-state index in [-0.39, 0.29) is 0 Å². The number of hydrogen-bond acceptors (Lipinski definition) is 2. The first-order valence-electron chi connectivity index (χ1n) is 6.14. The highest BCUT2D eigenvalue weighted by atomic mass is 16.3. The molecule has 0 aromatic carbocycles. The van der Waals surface area contributed by atoms with E-state index in [1.165, 1.54) is 38.5 Å². The fraction of sp³-hybridized carbons (Fsp3) is 1.00. The van der Waals surface area contributed by atoms with E-state index in [0.29, 0.717) is 0 Å². The molecule has 0 rings (SSSR count). The summed E-state index contributed by atoms with van der Waals surface area (Å²) in [6, 6.07) is 0. The van der Waals surface area contributed by atoms with Crippen molar-refractivity contribution in [3.05, 3.63) is 0 Å². The molecule has 0 aliphatic carbocycles. The van der Waals surface area contributed by atoms with Crippen LogP contribution in [-0.4, -0.2) is 11.3 Å². The van der Waals surface area contributed by atoms with Crippen LogP contribution in [0.2, 0.25) is 0 Å². The van der Waals surface area contributed by atoms with Crippen molar-refractivity contribution in [1.82, 2.24) is 0 Å². The van der Waals surface area contributed by atoms with E-state index in [1.54, 1.807) is 0 Å². The molecule has 2 nitrogen and oxygen atoms in total. The molecule has 1 unspecified atom stereocenters. The van der Waals surface area contributed by atoms with E-state index in [2.05, 4.69) is 13.8 Å². The van der Waals surface area contributed by atoms with Crippen LogP contribution in [0.5, 0.6) is 0 Å². The number of aliphatic hydroxyl groups excluding tert-OH is 1. The highest BCUT2D eigenvalue weighted by Crippen LogP contribution is 2.21. The minimum atomic E-state index is -0.610. The molecule has 0 saturated heterocycles. The number of rotatable bonds is 9. The van der Waals surface area contributed by atoms with Crippen molar-refractivity contribution in [3.63, 3.8) is 0 Å². The van der Waals surface area contributed by atoms with Crippen molar-refractivity contribution in [3.8, 4) is 0 Å². The molecule has 1 atom stereocenters. The lowest BCUT2D eigenvalue weighted by molar-refractivity contribution is 0.158. The van der Waals surface area contributed by atoms with E-state index in [0.717, 1.165) is 18.8 Å². The van der Waals surface area contributed by atoms with Crippen molar-refractivity contribution < 1.29 is 5.11 Å². The summed E-state index contributed by atoms with van der Waals surface area (Å²) in [4.78, 5) is 0. The molecular weight excluding hydrogens is 174 g/mol. The van der Waals surface area contributed by atoms with Gasteiger partial charge >= 0.3 is 0 Å². The Balaban J connectivity index is 3.60. The predicted octanol–water partition coefficient (Wildman–Crippen LogP) is 3.04. The van der Waals surface area contributed by atoms with Crippen molar-refractivity contribution >= 4 is 0 Å². The Morgan fingerprint density at radius 3 is 1.79 bits per heavy atom. The Hall–Kier alpha value is -0.0800. The molecule has 0 radical (unpaired) electrons. The van der Waals surface area contributed by atoms with Gasteiger partial charge in [0.05, 0.1) is 0 Å². The van der Waals surface area contributed by atoms with Crippen LogP contribution in [0.1, 0.15) is 65.2 Å². The molecule has 0 saturated carbocycles. The predicted molar refractivity (Wildman–Crippen MR) is 62.0 cm³/mol. The summed E-state index contributed by atoms with van der Waals surface area (Å²) in [7, 11) is 0. The van der Waals surface area contributed by atoms with Gasteiger partial charge in [0.2, 0.25) is 0 Å². The van der Waals surface area contributed by atoms with Gasteiger partial charge in [0, 0.05) is 0 Å². The van der Waals surface area contributed by atoms with Crippen LogP contribution in [0.4, 0.5) is 0 Å². The first-order chi connectivity index (χ1) is 6.70. The first-order valence-corrected chi connectivity index (χ1v) is 6.14. The molecule has 0 fully saturated rings. The molecule has 0 spiro atoms. The topological polar surface area (TPSA) is 46.2 Å². The summed E-state index contributed by atoms with van der Waals surface area (Å²) in [6.07, 6.45) is 9.04. The van der Waals surface area contributed by atoms with Crippen molar-refractivity contribution in [1.29, 1.82) is 0 Å². The van der Waals surface area contributed by atoms with E-state index < -0.39 is 6.23 Å². The van der Waals surface area contributed by atoms with Crippen LogP contribution in [0.25, 0.3) is 0 Å². The van der Waals surface area contributed by atoms with E-state index in [9.17, 15) is 0 Å². The summed E-state index contributed by atoms with van der Waals surface area (Å²) in [5, 5.41) is 9.03. The second kappa shape index (κ2) is 9.47. The van der Waals surface area contributed by atoms with Crippen LogP contribution < -0.4 is 5.73 Å². The van der Waals surface area contributed by atoms with Gasteiger partial charge in [-0.2, -0.15) is 0 Å². The second-order valence-corrected chi connectivity index (χ2v) is 4.30. The van der Waals surface area contributed by atoms with Crippen LogP contribution in [0.15, 0.2) is 0 Å². The number of nitrogens with two attached hydrogens (primary N) is 1. The lowest BCUT2D eigenvalue weighted by Crippen LogP contribution is -2.19. The third-order valence-electron chi connectivity index (χ3n) is 2.80. The van der Waals surface area contributed by atoms with Gasteiger partial charge < -0.3 is 10.8 Å². The zero-order chi connectivity index (χ0) is 10.8. The molecule has 0 amide bonds. The number of hydrogen-bond donors (Lipinski definition) is 2. The summed E-state index contributed by atoms with van der Waals surface area (Å²) in [5.74, 6) is 0.785. The third kappa shape index (κ3) is 8.52. The lowest BCUT2D eigenvalue weighted by atomic mass is 9.91. The van der Waals surface area contributed by atoms with Gasteiger partial charge in [-0.05, 0) is 18.8 Å².